The molecule has 0 radical (unpaired) electrons. The minimum atomic E-state index is -1.15. The van der Waals surface area contributed by atoms with Crippen LogP contribution >= 0.6 is 0 Å². The maximum absolute atomic E-state index is 12.9. The zero-order valence-corrected chi connectivity index (χ0v) is 16.1. The van der Waals surface area contributed by atoms with Crippen molar-refractivity contribution in [1.29, 1.82) is 0 Å². The molecule has 0 amide bonds. The second-order valence-electron chi connectivity index (χ2n) is 8.49. The number of rotatable bonds is 7. The quantitative estimate of drug-likeness (QED) is 0.693. The molecule has 3 rings (SSSR count). The van der Waals surface area contributed by atoms with E-state index in [1.54, 1.807) is 0 Å². The lowest BCUT2D eigenvalue weighted by molar-refractivity contribution is -0.177. The van der Waals surface area contributed by atoms with E-state index >= 15 is 0 Å². The van der Waals surface area contributed by atoms with Crippen molar-refractivity contribution in [3.8, 4) is 0 Å². The van der Waals surface area contributed by atoms with Gasteiger partial charge in [-0.3, -0.25) is 9.59 Å². The number of hydrogen-bond donors (Lipinski definition) is 2. The van der Waals surface area contributed by atoms with E-state index in [0.29, 0.717) is 6.42 Å². The first kappa shape index (κ1) is 19.9. The van der Waals surface area contributed by atoms with Gasteiger partial charge in [-0.15, -0.1) is 0 Å². The summed E-state index contributed by atoms with van der Waals surface area (Å²) in [5.74, 6) is -2.75. The standard InChI is InChI=1S/C23H32O4/c24-21(25)20(16-17-10-4-1-5-11-17)23(22(26)27,18-12-6-2-7-13-18)19-14-8-3-9-15-19/h1,4-5,10-11,18-20H,2-3,6-9,12-16H2,(H,24,25)(H,26,27). The Hall–Kier alpha value is -1.84. The number of carboxylic acids is 2. The van der Waals surface area contributed by atoms with E-state index in [2.05, 4.69) is 0 Å². The average Bonchev–Trinajstić information content (AvgIpc) is 2.70. The van der Waals surface area contributed by atoms with Gasteiger partial charge in [0, 0.05) is 0 Å². The maximum atomic E-state index is 12.9. The number of hydrogen-bond acceptors (Lipinski definition) is 2. The van der Waals surface area contributed by atoms with E-state index in [1.807, 2.05) is 30.3 Å². The Labute approximate surface area is 162 Å². The van der Waals surface area contributed by atoms with E-state index in [4.69, 9.17) is 0 Å². The van der Waals surface area contributed by atoms with Crippen LogP contribution in [-0.2, 0) is 16.0 Å². The molecule has 4 heteroatoms. The number of aliphatic carboxylic acids is 2. The highest BCUT2D eigenvalue weighted by molar-refractivity contribution is 5.84. The molecule has 1 aromatic rings. The van der Waals surface area contributed by atoms with E-state index in [9.17, 15) is 19.8 Å². The molecule has 2 aliphatic carbocycles. The van der Waals surface area contributed by atoms with Gasteiger partial charge in [-0.25, -0.2) is 0 Å². The molecule has 1 aromatic carbocycles. The molecule has 1 unspecified atom stereocenters. The van der Waals surface area contributed by atoms with Gasteiger partial charge in [0.1, 0.15) is 0 Å². The molecular weight excluding hydrogens is 340 g/mol. The molecule has 0 aromatic heterocycles. The van der Waals surface area contributed by atoms with Crippen LogP contribution < -0.4 is 0 Å². The second-order valence-corrected chi connectivity index (χ2v) is 8.49. The van der Waals surface area contributed by atoms with Crippen molar-refractivity contribution >= 4 is 11.9 Å². The van der Waals surface area contributed by atoms with Crippen LogP contribution in [-0.4, -0.2) is 22.2 Å². The van der Waals surface area contributed by atoms with E-state index in [0.717, 1.165) is 69.8 Å². The zero-order chi connectivity index (χ0) is 19.3. The summed E-state index contributed by atoms with van der Waals surface area (Å²) in [4.78, 5) is 25.4. The fourth-order valence-electron chi connectivity index (χ4n) is 5.87. The van der Waals surface area contributed by atoms with Gasteiger partial charge >= 0.3 is 11.9 Å². The lowest BCUT2D eigenvalue weighted by Crippen LogP contribution is -2.54. The summed E-state index contributed by atoms with van der Waals surface area (Å²) < 4.78 is 0. The average molecular weight is 373 g/mol. The van der Waals surface area contributed by atoms with Crippen LogP contribution in [0, 0.1) is 23.2 Å². The molecule has 0 heterocycles. The molecule has 2 aliphatic rings. The van der Waals surface area contributed by atoms with Gasteiger partial charge in [0.05, 0.1) is 11.3 Å². The predicted octanol–water partition coefficient (Wildman–Crippen LogP) is 5.16. The number of benzene rings is 1. The molecule has 0 saturated heterocycles. The Morgan fingerprint density at radius 2 is 1.33 bits per heavy atom. The molecule has 2 fully saturated rings. The summed E-state index contributed by atoms with van der Waals surface area (Å²) in [5, 5.41) is 20.8. The largest absolute Gasteiger partial charge is 0.481 e. The highest BCUT2D eigenvalue weighted by atomic mass is 16.4. The molecule has 4 nitrogen and oxygen atoms in total. The van der Waals surface area contributed by atoms with Crippen molar-refractivity contribution in [3.63, 3.8) is 0 Å². The van der Waals surface area contributed by atoms with Gasteiger partial charge in [-0.05, 0) is 49.5 Å². The van der Waals surface area contributed by atoms with Gasteiger partial charge in [0.25, 0.3) is 0 Å². The van der Waals surface area contributed by atoms with Gasteiger partial charge in [-0.1, -0.05) is 68.9 Å². The lowest BCUT2D eigenvalue weighted by atomic mass is 9.52. The van der Waals surface area contributed by atoms with Crippen molar-refractivity contribution in [3.05, 3.63) is 35.9 Å². The zero-order valence-electron chi connectivity index (χ0n) is 16.1. The molecule has 27 heavy (non-hydrogen) atoms. The third kappa shape index (κ3) is 4.04. The van der Waals surface area contributed by atoms with Gasteiger partial charge in [-0.2, -0.15) is 0 Å². The summed E-state index contributed by atoms with van der Waals surface area (Å²) in [5.41, 5.74) is -0.232. The van der Waals surface area contributed by atoms with Crippen LogP contribution in [0.25, 0.3) is 0 Å². The van der Waals surface area contributed by atoms with Crippen molar-refractivity contribution in [2.24, 2.45) is 23.2 Å². The Morgan fingerprint density at radius 1 is 0.852 bits per heavy atom. The first-order valence-electron chi connectivity index (χ1n) is 10.6. The predicted molar refractivity (Wildman–Crippen MR) is 104 cm³/mol. The van der Waals surface area contributed by atoms with E-state index < -0.39 is 23.3 Å². The highest BCUT2D eigenvalue weighted by Crippen LogP contribution is 2.54. The number of carboxylic acid groups (broad SMARTS) is 2. The SMILES string of the molecule is O=C(O)C(Cc1ccccc1)C(C(=O)O)(C1CCCCC1)C1CCCCC1. The summed E-state index contributed by atoms with van der Waals surface area (Å²) in [6, 6.07) is 9.55. The maximum Gasteiger partial charge on any atom is 0.311 e. The summed E-state index contributed by atoms with van der Waals surface area (Å²) in [7, 11) is 0. The summed E-state index contributed by atoms with van der Waals surface area (Å²) in [6.07, 6.45) is 10.0. The van der Waals surface area contributed by atoms with Crippen LogP contribution in [0.2, 0.25) is 0 Å². The molecule has 148 valence electrons. The minimum absolute atomic E-state index is 0.0309. The number of carbonyl (C=O) groups is 2. The second kappa shape index (κ2) is 8.90. The normalized spacial score (nSPS) is 20.9. The van der Waals surface area contributed by atoms with Crippen molar-refractivity contribution in [2.45, 2.75) is 70.6 Å². The summed E-state index contributed by atoms with van der Waals surface area (Å²) in [6.45, 7) is 0. The molecule has 0 bridgehead atoms. The van der Waals surface area contributed by atoms with E-state index in [1.165, 1.54) is 0 Å². The van der Waals surface area contributed by atoms with Crippen LogP contribution in [0.3, 0.4) is 0 Å². The van der Waals surface area contributed by atoms with Crippen LogP contribution in [0.1, 0.15) is 69.8 Å². The molecule has 0 spiro atoms. The van der Waals surface area contributed by atoms with Gasteiger partial charge in [0.15, 0.2) is 0 Å². The fourth-order valence-corrected chi connectivity index (χ4v) is 5.87. The van der Waals surface area contributed by atoms with Crippen LogP contribution in [0.5, 0.6) is 0 Å². The Bertz CT molecular complexity index is 609. The monoisotopic (exact) mass is 372 g/mol. The van der Waals surface area contributed by atoms with Crippen molar-refractivity contribution in [2.75, 3.05) is 0 Å². The Kier molecular flexibility index (Phi) is 6.56. The van der Waals surface area contributed by atoms with Gasteiger partial charge < -0.3 is 10.2 Å². The van der Waals surface area contributed by atoms with Crippen LogP contribution in [0.4, 0.5) is 0 Å². The molecular formula is C23H32O4. The van der Waals surface area contributed by atoms with E-state index in [-0.39, 0.29) is 11.8 Å². The molecule has 0 aliphatic heterocycles. The fraction of sp³-hybridized carbons (Fsp3) is 0.652. The third-order valence-corrected chi connectivity index (χ3v) is 7.09. The topological polar surface area (TPSA) is 74.6 Å². The van der Waals surface area contributed by atoms with Crippen LogP contribution in [0.15, 0.2) is 30.3 Å². The molecule has 2 saturated carbocycles. The Balaban J connectivity index is 2.06. The lowest BCUT2D eigenvalue weighted by Gasteiger charge is -2.49. The van der Waals surface area contributed by atoms with Crippen molar-refractivity contribution < 1.29 is 19.8 Å². The van der Waals surface area contributed by atoms with Crippen molar-refractivity contribution in [1.82, 2.24) is 0 Å². The smallest absolute Gasteiger partial charge is 0.311 e. The molecule has 2 N–H and O–H groups in total. The highest BCUT2D eigenvalue weighted by Gasteiger charge is 2.58. The molecule has 1 atom stereocenters. The first-order chi connectivity index (χ1) is 13.1. The first-order valence-corrected chi connectivity index (χ1v) is 10.6. The third-order valence-electron chi connectivity index (χ3n) is 7.09. The minimum Gasteiger partial charge on any atom is -0.481 e. The Morgan fingerprint density at radius 3 is 1.74 bits per heavy atom. The van der Waals surface area contributed by atoms with Gasteiger partial charge in [0.2, 0.25) is 0 Å². The summed E-state index contributed by atoms with van der Waals surface area (Å²) >= 11 is 0.